The van der Waals surface area contributed by atoms with Crippen molar-refractivity contribution >= 4 is 0 Å². The van der Waals surface area contributed by atoms with Crippen molar-refractivity contribution in [1.29, 1.82) is 0 Å². The van der Waals surface area contributed by atoms with Crippen LogP contribution in [0.5, 0.6) is 0 Å². The lowest BCUT2D eigenvalue weighted by atomic mass is 9.83. The first-order valence-electron chi connectivity index (χ1n) is 7.05. The number of nitrogens with one attached hydrogen (secondary N) is 1. The third kappa shape index (κ3) is 4.94. The molecule has 17 heavy (non-hydrogen) atoms. The molecule has 0 aromatic carbocycles. The van der Waals surface area contributed by atoms with Gasteiger partial charge in [0, 0.05) is 25.7 Å². The SMILES string of the molecule is CNC(CN(C)C(C)COC)C1CCCCC1. The van der Waals surface area contributed by atoms with Gasteiger partial charge >= 0.3 is 0 Å². The van der Waals surface area contributed by atoms with Crippen LogP contribution in [0.25, 0.3) is 0 Å². The Morgan fingerprint density at radius 1 is 1.29 bits per heavy atom. The van der Waals surface area contributed by atoms with Gasteiger partial charge in [-0.25, -0.2) is 0 Å². The van der Waals surface area contributed by atoms with Crippen molar-refractivity contribution in [3.8, 4) is 0 Å². The van der Waals surface area contributed by atoms with E-state index in [9.17, 15) is 0 Å². The summed E-state index contributed by atoms with van der Waals surface area (Å²) in [7, 11) is 6.09. The number of rotatable bonds is 7. The van der Waals surface area contributed by atoms with Crippen molar-refractivity contribution in [2.75, 3.05) is 34.4 Å². The molecule has 0 spiro atoms. The van der Waals surface area contributed by atoms with Crippen LogP contribution in [0.1, 0.15) is 39.0 Å². The predicted molar refractivity (Wildman–Crippen MR) is 73.4 cm³/mol. The smallest absolute Gasteiger partial charge is 0.0615 e. The summed E-state index contributed by atoms with van der Waals surface area (Å²) in [6.07, 6.45) is 7.07. The van der Waals surface area contributed by atoms with E-state index in [1.165, 1.54) is 32.1 Å². The molecule has 1 N–H and O–H groups in total. The molecule has 3 nitrogen and oxygen atoms in total. The summed E-state index contributed by atoms with van der Waals surface area (Å²) in [6, 6.07) is 1.14. The fraction of sp³-hybridized carbons (Fsp3) is 1.00. The monoisotopic (exact) mass is 242 g/mol. The van der Waals surface area contributed by atoms with Crippen molar-refractivity contribution in [2.24, 2.45) is 5.92 Å². The minimum Gasteiger partial charge on any atom is -0.383 e. The molecule has 0 amide bonds. The number of hydrogen-bond donors (Lipinski definition) is 1. The topological polar surface area (TPSA) is 24.5 Å². The molecule has 0 aromatic heterocycles. The van der Waals surface area contributed by atoms with Crippen LogP contribution >= 0.6 is 0 Å². The van der Waals surface area contributed by atoms with Crippen LogP contribution in [0.15, 0.2) is 0 Å². The third-order valence-electron chi connectivity index (χ3n) is 4.23. The van der Waals surface area contributed by atoms with Gasteiger partial charge in [-0.3, -0.25) is 4.90 Å². The molecule has 0 aliphatic heterocycles. The fourth-order valence-electron chi connectivity index (χ4n) is 2.87. The van der Waals surface area contributed by atoms with Gasteiger partial charge in [0.05, 0.1) is 6.61 Å². The van der Waals surface area contributed by atoms with E-state index in [1.54, 1.807) is 7.11 Å². The highest BCUT2D eigenvalue weighted by atomic mass is 16.5. The van der Waals surface area contributed by atoms with Crippen molar-refractivity contribution in [3.05, 3.63) is 0 Å². The minimum atomic E-state index is 0.499. The van der Waals surface area contributed by atoms with Crippen molar-refractivity contribution < 1.29 is 4.74 Å². The Kier molecular flexibility index (Phi) is 7.09. The molecule has 0 bridgehead atoms. The zero-order valence-electron chi connectivity index (χ0n) is 12.0. The fourth-order valence-corrected chi connectivity index (χ4v) is 2.87. The van der Waals surface area contributed by atoms with E-state index in [1.807, 2.05) is 0 Å². The van der Waals surface area contributed by atoms with Crippen LogP contribution in [0.3, 0.4) is 0 Å². The van der Waals surface area contributed by atoms with Gasteiger partial charge in [0.2, 0.25) is 0 Å². The molecule has 1 aliphatic rings. The van der Waals surface area contributed by atoms with Gasteiger partial charge < -0.3 is 10.1 Å². The molecule has 0 radical (unpaired) electrons. The molecule has 1 saturated carbocycles. The van der Waals surface area contributed by atoms with E-state index in [-0.39, 0.29) is 0 Å². The van der Waals surface area contributed by atoms with E-state index in [2.05, 4.69) is 31.2 Å². The Hall–Kier alpha value is -0.120. The lowest BCUT2D eigenvalue weighted by Crippen LogP contribution is -2.47. The first kappa shape index (κ1) is 14.9. The van der Waals surface area contributed by atoms with Crippen LogP contribution in [0.4, 0.5) is 0 Å². The van der Waals surface area contributed by atoms with E-state index < -0.39 is 0 Å². The Morgan fingerprint density at radius 3 is 2.47 bits per heavy atom. The van der Waals surface area contributed by atoms with Crippen molar-refractivity contribution in [1.82, 2.24) is 10.2 Å². The molecule has 1 fully saturated rings. The maximum Gasteiger partial charge on any atom is 0.0615 e. The van der Waals surface area contributed by atoms with Crippen LogP contribution in [0, 0.1) is 5.92 Å². The summed E-state index contributed by atoms with van der Waals surface area (Å²) in [5, 5.41) is 3.52. The number of nitrogens with zero attached hydrogens (tertiary/aromatic N) is 1. The van der Waals surface area contributed by atoms with E-state index in [0.717, 1.165) is 19.1 Å². The first-order valence-corrected chi connectivity index (χ1v) is 7.05. The molecule has 2 unspecified atom stereocenters. The standard InChI is InChI=1S/C14H30N2O/c1-12(11-17-4)16(3)10-14(15-2)13-8-6-5-7-9-13/h12-15H,5-11H2,1-4H3. The molecule has 102 valence electrons. The quantitative estimate of drug-likeness (QED) is 0.740. The highest BCUT2D eigenvalue weighted by Gasteiger charge is 2.24. The number of hydrogen-bond acceptors (Lipinski definition) is 3. The van der Waals surface area contributed by atoms with Crippen molar-refractivity contribution in [2.45, 2.75) is 51.1 Å². The Balaban J connectivity index is 2.39. The zero-order valence-corrected chi connectivity index (χ0v) is 12.0. The molecule has 0 heterocycles. The lowest BCUT2D eigenvalue weighted by molar-refractivity contribution is 0.100. The summed E-state index contributed by atoms with van der Waals surface area (Å²) in [6.45, 7) is 4.18. The highest BCUT2D eigenvalue weighted by molar-refractivity contribution is 4.81. The zero-order chi connectivity index (χ0) is 12.7. The average Bonchev–Trinajstić information content (AvgIpc) is 2.37. The Morgan fingerprint density at radius 2 is 1.94 bits per heavy atom. The van der Waals surface area contributed by atoms with Gasteiger partial charge in [-0.2, -0.15) is 0 Å². The van der Waals surface area contributed by atoms with Crippen LogP contribution in [0.2, 0.25) is 0 Å². The van der Waals surface area contributed by atoms with Gasteiger partial charge in [-0.05, 0) is 39.8 Å². The summed E-state index contributed by atoms with van der Waals surface area (Å²) in [5.41, 5.74) is 0. The lowest BCUT2D eigenvalue weighted by Gasteiger charge is -2.35. The van der Waals surface area contributed by atoms with Crippen LogP contribution in [-0.2, 0) is 4.74 Å². The second-order valence-electron chi connectivity index (χ2n) is 5.54. The molecule has 2 atom stereocenters. The Bertz CT molecular complexity index is 193. The molecule has 0 aromatic rings. The maximum atomic E-state index is 5.22. The van der Waals surface area contributed by atoms with Gasteiger partial charge in [0.1, 0.15) is 0 Å². The van der Waals surface area contributed by atoms with E-state index in [0.29, 0.717) is 12.1 Å². The highest BCUT2D eigenvalue weighted by Crippen LogP contribution is 2.26. The van der Waals surface area contributed by atoms with Gasteiger partial charge in [-0.15, -0.1) is 0 Å². The second kappa shape index (κ2) is 8.06. The summed E-state index contributed by atoms with van der Waals surface area (Å²) < 4.78 is 5.22. The number of likely N-dealkylation sites (N-methyl/N-ethyl adjacent to an activating group) is 2. The molecular formula is C14H30N2O. The van der Waals surface area contributed by atoms with Gasteiger partial charge in [0.15, 0.2) is 0 Å². The molecule has 3 heteroatoms. The van der Waals surface area contributed by atoms with Crippen LogP contribution < -0.4 is 5.32 Å². The number of ether oxygens (including phenoxy) is 1. The summed E-state index contributed by atoms with van der Waals surface area (Å²) in [5.74, 6) is 0.867. The first-order chi connectivity index (χ1) is 8.19. The Labute approximate surface area is 107 Å². The van der Waals surface area contributed by atoms with E-state index in [4.69, 9.17) is 4.74 Å². The maximum absolute atomic E-state index is 5.22. The third-order valence-corrected chi connectivity index (χ3v) is 4.23. The predicted octanol–water partition coefficient (Wildman–Crippen LogP) is 2.12. The summed E-state index contributed by atoms with van der Waals surface area (Å²) in [4.78, 5) is 2.42. The molecular weight excluding hydrogens is 212 g/mol. The molecule has 1 aliphatic carbocycles. The largest absolute Gasteiger partial charge is 0.383 e. The van der Waals surface area contributed by atoms with Gasteiger partial charge in [0.25, 0.3) is 0 Å². The van der Waals surface area contributed by atoms with E-state index >= 15 is 0 Å². The second-order valence-corrected chi connectivity index (χ2v) is 5.54. The van der Waals surface area contributed by atoms with Gasteiger partial charge in [-0.1, -0.05) is 19.3 Å². The minimum absolute atomic E-state index is 0.499. The summed E-state index contributed by atoms with van der Waals surface area (Å²) >= 11 is 0. The van der Waals surface area contributed by atoms with Crippen molar-refractivity contribution in [3.63, 3.8) is 0 Å². The number of methoxy groups -OCH3 is 1. The molecule has 1 rings (SSSR count). The average molecular weight is 242 g/mol. The van der Waals surface area contributed by atoms with Crippen LogP contribution in [-0.4, -0.2) is 51.3 Å². The normalized spacial score (nSPS) is 21.7. The molecule has 0 saturated heterocycles.